The summed E-state index contributed by atoms with van der Waals surface area (Å²) in [6, 6.07) is 21.4. The van der Waals surface area contributed by atoms with Crippen LogP contribution in [0.25, 0.3) is 21.8 Å². The van der Waals surface area contributed by atoms with Crippen LogP contribution in [0.5, 0.6) is 11.5 Å². The summed E-state index contributed by atoms with van der Waals surface area (Å²) in [6.45, 7) is 1.98. The van der Waals surface area contributed by atoms with Crippen molar-refractivity contribution in [1.29, 1.82) is 0 Å². The molecule has 2 heterocycles. The number of para-hydroxylation sites is 1. The normalized spacial score (nSPS) is 12.6. The highest BCUT2D eigenvalue weighted by Crippen LogP contribution is 2.35. The van der Waals surface area contributed by atoms with E-state index >= 15 is 0 Å². The van der Waals surface area contributed by atoms with Gasteiger partial charge < -0.3 is 24.7 Å². The van der Waals surface area contributed by atoms with Crippen LogP contribution >= 0.6 is 0 Å². The Labute approximate surface area is 276 Å². The minimum absolute atomic E-state index is 0.173. The average Bonchev–Trinajstić information content (AvgIpc) is 3.11. The molecule has 2 N–H and O–H groups in total. The van der Waals surface area contributed by atoms with Crippen molar-refractivity contribution in [2.24, 2.45) is 0 Å². The molecule has 8 heteroatoms. The Balaban J connectivity index is 0.992. The van der Waals surface area contributed by atoms with Crippen LogP contribution < -0.4 is 25.5 Å². The molecule has 0 fully saturated rings. The van der Waals surface area contributed by atoms with E-state index < -0.39 is 0 Å². The zero-order chi connectivity index (χ0) is 32.6. The van der Waals surface area contributed by atoms with Gasteiger partial charge in [-0.2, -0.15) is 0 Å². The van der Waals surface area contributed by atoms with E-state index in [1.54, 1.807) is 26.5 Å². The highest BCUT2D eigenvalue weighted by molar-refractivity contribution is 5.97. The maximum absolute atomic E-state index is 13.3. The molecule has 5 aromatic rings. The molecule has 244 valence electrons. The Morgan fingerprint density at radius 2 is 1.55 bits per heavy atom. The van der Waals surface area contributed by atoms with Crippen molar-refractivity contribution in [2.45, 2.75) is 64.3 Å². The molecule has 0 saturated carbocycles. The third-order valence-electron chi connectivity index (χ3n) is 9.15. The fourth-order valence-corrected chi connectivity index (χ4v) is 6.59. The number of amides is 1. The van der Waals surface area contributed by atoms with Crippen molar-refractivity contribution >= 4 is 33.4 Å². The zero-order valence-corrected chi connectivity index (χ0v) is 27.4. The van der Waals surface area contributed by atoms with Crippen molar-refractivity contribution < 1.29 is 14.3 Å². The number of aryl methyl sites for hydroxylation is 1. The molecule has 0 atom stereocenters. The molecule has 1 aliphatic rings. The Kier molecular flexibility index (Phi) is 10.4. The molecule has 2 aromatic heterocycles. The third-order valence-corrected chi connectivity index (χ3v) is 9.15. The van der Waals surface area contributed by atoms with Gasteiger partial charge in [0.25, 0.3) is 5.91 Å². The standard InChI is InChI=1S/C39H44N4O4/c1-46-28-18-16-27(17-19-28)25-43-26-33(38(44)31-13-7-9-15-36(31)43)39(45)41-23-11-5-3-4-10-22-40-37-30-12-6-8-14-34(30)42-35-21-20-29(47-2)24-32(35)37/h7,9,13,15-21,24,26H,3-6,8,10-12,14,22-23,25H2,1-2H3,(H,40,42)(H,41,45). The van der Waals surface area contributed by atoms with E-state index in [1.165, 1.54) is 29.8 Å². The van der Waals surface area contributed by atoms with E-state index in [1.807, 2.05) is 53.1 Å². The first-order chi connectivity index (χ1) is 23.1. The van der Waals surface area contributed by atoms with Gasteiger partial charge >= 0.3 is 0 Å². The van der Waals surface area contributed by atoms with Gasteiger partial charge in [-0.15, -0.1) is 0 Å². The van der Waals surface area contributed by atoms with Crippen LogP contribution in [0.4, 0.5) is 5.69 Å². The van der Waals surface area contributed by atoms with E-state index in [-0.39, 0.29) is 16.9 Å². The van der Waals surface area contributed by atoms with E-state index in [0.717, 1.165) is 85.0 Å². The number of carbonyl (C=O) groups excluding carboxylic acids is 1. The monoisotopic (exact) mass is 632 g/mol. The van der Waals surface area contributed by atoms with E-state index in [0.29, 0.717) is 18.5 Å². The Bertz CT molecular complexity index is 1920. The fraction of sp³-hybridized carbons (Fsp3) is 0.359. The molecular formula is C39H44N4O4. The number of unbranched alkanes of at least 4 members (excludes halogenated alkanes) is 4. The number of benzene rings is 3. The van der Waals surface area contributed by atoms with Gasteiger partial charge in [0.2, 0.25) is 5.43 Å². The molecule has 0 spiro atoms. The Morgan fingerprint density at radius 1 is 0.830 bits per heavy atom. The molecule has 0 aliphatic heterocycles. The average molecular weight is 633 g/mol. The Morgan fingerprint density at radius 3 is 2.36 bits per heavy atom. The lowest BCUT2D eigenvalue weighted by atomic mass is 9.92. The van der Waals surface area contributed by atoms with Gasteiger partial charge in [0, 0.05) is 48.0 Å². The molecule has 6 rings (SSSR count). The predicted octanol–water partition coefficient (Wildman–Crippen LogP) is 7.29. The van der Waals surface area contributed by atoms with Gasteiger partial charge in [-0.1, -0.05) is 43.5 Å². The number of hydrogen-bond donors (Lipinski definition) is 2. The highest BCUT2D eigenvalue weighted by Gasteiger charge is 2.19. The first-order valence-electron chi connectivity index (χ1n) is 16.8. The van der Waals surface area contributed by atoms with Gasteiger partial charge in [-0.05, 0) is 92.1 Å². The van der Waals surface area contributed by atoms with Crippen LogP contribution in [0.2, 0.25) is 0 Å². The van der Waals surface area contributed by atoms with Gasteiger partial charge in [0.05, 0.1) is 25.3 Å². The first-order valence-corrected chi connectivity index (χ1v) is 16.8. The fourth-order valence-electron chi connectivity index (χ4n) is 6.59. The lowest BCUT2D eigenvalue weighted by Gasteiger charge is -2.22. The maximum Gasteiger partial charge on any atom is 0.256 e. The number of ether oxygens (including phenoxy) is 2. The number of nitrogens with zero attached hydrogens (tertiary/aromatic N) is 2. The van der Waals surface area contributed by atoms with Gasteiger partial charge in [0.1, 0.15) is 17.1 Å². The second-order valence-corrected chi connectivity index (χ2v) is 12.3. The SMILES string of the molecule is COc1ccc(Cn2cc(C(=O)NCCCCCCCNc3c4c(nc5ccc(OC)cc35)CCCC4)c(=O)c3ccccc32)cc1. The summed E-state index contributed by atoms with van der Waals surface area (Å²) in [5.74, 6) is 1.32. The van der Waals surface area contributed by atoms with Crippen molar-refractivity contribution in [2.75, 3.05) is 32.6 Å². The number of hydrogen-bond acceptors (Lipinski definition) is 6. The smallest absolute Gasteiger partial charge is 0.256 e. The van der Waals surface area contributed by atoms with Gasteiger partial charge in [-0.25, -0.2) is 0 Å². The molecule has 0 bridgehead atoms. The summed E-state index contributed by atoms with van der Waals surface area (Å²) >= 11 is 0. The van der Waals surface area contributed by atoms with Crippen LogP contribution in [0.15, 0.2) is 77.7 Å². The molecule has 47 heavy (non-hydrogen) atoms. The summed E-state index contributed by atoms with van der Waals surface area (Å²) < 4.78 is 12.8. The summed E-state index contributed by atoms with van der Waals surface area (Å²) in [5.41, 5.74) is 6.64. The predicted molar refractivity (Wildman–Crippen MR) is 189 cm³/mol. The lowest BCUT2D eigenvalue weighted by Crippen LogP contribution is -2.30. The summed E-state index contributed by atoms with van der Waals surface area (Å²) in [6.07, 6.45) is 11.4. The molecular weight excluding hydrogens is 588 g/mol. The molecule has 0 radical (unpaired) electrons. The Hall–Kier alpha value is -4.85. The number of aromatic nitrogens is 2. The van der Waals surface area contributed by atoms with Crippen molar-refractivity contribution in [3.63, 3.8) is 0 Å². The minimum atomic E-state index is -0.321. The number of pyridine rings is 2. The van der Waals surface area contributed by atoms with Crippen LogP contribution in [-0.4, -0.2) is 42.8 Å². The second kappa shape index (κ2) is 15.2. The minimum Gasteiger partial charge on any atom is -0.497 e. The van der Waals surface area contributed by atoms with Crippen LogP contribution in [0.1, 0.15) is 72.1 Å². The molecule has 1 amide bonds. The number of rotatable bonds is 14. The van der Waals surface area contributed by atoms with Crippen LogP contribution in [0, 0.1) is 0 Å². The number of fused-ring (bicyclic) bond motifs is 3. The van der Waals surface area contributed by atoms with Gasteiger partial charge in [0.15, 0.2) is 0 Å². The summed E-state index contributed by atoms with van der Waals surface area (Å²) in [7, 11) is 3.35. The van der Waals surface area contributed by atoms with Crippen molar-refractivity contribution in [1.82, 2.24) is 14.9 Å². The molecule has 1 aliphatic carbocycles. The quantitative estimate of drug-likeness (QED) is 0.125. The van der Waals surface area contributed by atoms with Gasteiger partial charge in [-0.3, -0.25) is 14.6 Å². The summed E-state index contributed by atoms with van der Waals surface area (Å²) in [5, 5.41) is 8.43. The third kappa shape index (κ3) is 7.43. The number of anilines is 1. The van der Waals surface area contributed by atoms with Crippen LogP contribution in [0.3, 0.4) is 0 Å². The van der Waals surface area contributed by atoms with E-state index in [4.69, 9.17) is 14.5 Å². The molecule has 0 saturated heterocycles. The highest BCUT2D eigenvalue weighted by atomic mass is 16.5. The lowest BCUT2D eigenvalue weighted by molar-refractivity contribution is 0.0951. The zero-order valence-electron chi connectivity index (χ0n) is 27.4. The van der Waals surface area contributed by atoms with Crippen molar-refractivity contribution in [3.8, 4) is 11.5 Å². The first kappa shape index (κ1) is 32.1. The molecule has 0 unspecified atom stereocenters. The number of carbonyl (C=O) groups is 1. The van der Waals surface area contributed by atoms with Crippen molar-refractivity contribution in [3.05, 3.63) is 106 Å². The van der Waals surface area contributed by atoms with E-state index in [9.17, 15) is 9.59 Å². The number of nitrogens with one attached hydrogen (secondary N) is 2. The summed E-state index contributed by atoms with van der Waals surface area (Å²) in [4.78, 5) is 31.4. The second-order valence-electron chi connectivity index (χ2n) is 12.3. The largest absolute Gasteiger partial charge is 0.497 e. The molecule has 3 aromatic carbocycles. The maximum atomic E-state index is 13.3. The molecule has 8 nitrogen and oxygen atoms in total. The topological polar surface area (TPSA) is 94.5 Å². The van der Waals surface area contributed by atoms with Crippen LogP contribution in [-0.2, 0) is 19.4 Å². The van der Waals surface area contributed by atoms with E-state index in [2.05, 4.69) is 22.8 Å². The number of methoxy groups -OCH3 is 2.